The lowest BCUT2D eigenvalue weighted by Gasteiger charge is -2.10. The van der Waals surface area contributed by atoms with E-state index in [9.17, 15) is 14.9 Å². The zero-order valence-electron chi connectivity index (χ0n) is 13.7. The number of carboxylic acids is 1. The zero-order chi connectivity index (χ0) is 18.5. The molecule has 8 heteroatoms. The number of nitro benzene ring substituents is 1. The minimum absolute atomic E-state index is 0.109. The fourth-order valence-corrected chi connectivity index (χ4v) is 2.58. The Morgan fingerprint density at radius 2 is 2.12 bits per heavy atom. The summed E-state index contributed by atoms with van der Waals surface area (Å²) in [7, 11) is 0. The molecule has 0 bridgehead atoms. The Hall–Kier alpha value is -3.68. The molecule has 8 nitrogen and oxygen atoms in total. The Kier molecular flexibility index (Phi) is 4.93. The minimum Gasteiger partial charge on any atom is -0.478 e. The number of nitrogens with zero attached hydrogens (tertiary/aromatic N) is 3. The van der Waals surface area contributed by atoms with Crippen molar-refractivity contribution in [1.29, 1.82) is 0 Å². The SMILES string of the molecule is O=C(O)c1ccc(CNc2cccc(Cn3ccnc3)c2)c([N+](=O)[O-])c1. The summed E-state index contributed by atoms with van der Waals surface area (Å²) in [5.41, 5.74) is 1.97. The van der Waals surface area contributed by atoms with E-state index in [1.165, 1.54) is 12.1 Å². The normalized spacial score (nSPS) is 10.5. The monoisotopic (exact) mass is 352 g/mol. The van der Waals surface area contributed by atoms with Crippen LogP contribution in [0.2, 0.25) is 0 Å². The molecule has 2 N–H and O–H groups in total. The van der Waals surface area contributed by atoms with Gasteiger partial charge in [-0.2, -0.15) is 0 Å². The van der Waals surface area contributed by atoms with Gasteiger partial charge in [0.2, 0.25) is 0 Å². The molecule has 1 heterocycles. The van der Waals surface area contributed by atoms with Crippen LogP contribution in [0.1, 0.15) is 21.5 Å². The van der Waals surface area contributed by atoms with Crippen LogP contribution in [-0.4, -0.2) is 25.6 Å². The minimum atomic E-state index is -1.19. The number of hydrogen-bond donors (Lipinski definition) is 2. The molecule has 26 heavy (non-hydrogen) atoms. The molecule has 0 unspecified atom stereocenters. The number of benzene rings is 2. The van der Waals surface area contributed by atoms with E-state index in [1.807, 2.05) is 35.0 Å². The number of anilines is 1. The standard InChI is InChI=1S/C18H16N4O4/c23-18(24)14-4-5-15(17(9-14)22(25)26)10-20-16-3-1-2-13(8-16)11-21-7-6-19-12-21/h1-9,12,20H,10-11H2,(H,23,24). The lowest BCUT2D eigenvalue weighted by Crippen LogP contribution is -2.06. The van der Waals surface area contributed by atoms with Gasteiger partial charge in [0, 0.05) is 42.8 Å². The summed E-state index contributed by atoms with van der Waals surface area (Å²) in [5, 5.41) is 23.3. The van der Waals surface area contributed by atoms with Gasteiger partial charge in [0.25, 0.3) is 5.69 Å². The van der Waals surface area contributed by atoms with E-state index < -0.39 is 10.9 Å². The van der Waals surface area contributed by atoms with E-state index >= 15 is 0 Å². The van der Waals surface area contributed by atoms with E-state index in [1.54, 1.807) is 12.5 Å². The molecule has 0 aliphatic carbocycles. The van der Waals surface area contributed by atoms with E-state index in [2.05, 4.69) is 10.3 Å². The fourth-order valence-electron chi connectivity index (χ4n) is 2.58. The molecule has 132 valence electrons. The van der Waals surface area contributed by atoms with Crippen LogP contribution in [0, 0.1) is 10.1 Å². The number of nitrogens with one attached hydrogen (secondary N) is 1. The van der Waals surface area contributed by atoms with Gasteiger partial charge in [0.15, 0.2) is 0 Å². The number of hydrogen-bond acceptors (Lipinski definition) is 5. The van der Waals surface area contributed by atoms with Crippen LogP contribution in [0.5, 0.6) is 0 Å². The van der Waals surface area contributed by atoms with Gasteiger partial charge in [0.05, 0.1) is 16.8 Å². The molecule has 3 aromatic rings. The summed E-state index contributed by atoms with van der Waals surface area (Å²) in [4.78, 5) is 25.6. The smallest absolute Gasteiger partial charge is 0.335 e. The Morgan fingerprint density at radius 1 is 1.27 bits per heavy atom. The highest BCUT2D eigenvalue weighted by molar-refractivity contribution is 5.88. The third kappa shape index (κ3) is 4.04. The number of carboxylic acid groups (broad SMARTS) is 1. The van der Waals surface area contributed by atoms with Gasteiger partial charge in [-0.15, -0.1) is 0 Å². The summed E-state index contributed by atoms with van der Waals surface area (Å²) < 4.78 is 1.94. The van der Waals surface area contributed by atoms with Crippen molar-refractivity contribution in [2.24, 2.45) is 0 Å². The molecule has 0 fully saturated rings. The summed E-state index contributed by atoms with van der Waals surface area (Å²) in [5.74, 6) is -1.19. The number of aromatic nitrogens is 2. The average Bonchev–Trinajstić information content (AvgIpc) is 3.13. The van der Waals surface area contributed by atoms with Crippen LogP contribution < -0.4 is 5.32 Å². The number of imidazole rings is 1. The predicted molar refractivity (Wildman–Crippen MR) is 95.2 cm³/mol. The van der Waals surface area contributed by atoms with Gasteiger partial charge in [-0.1, -0.05) is 12.1 Å². The van der Waals surface area contributed by atoms with E-state index in [4.69, 9.17) is 5.11 Å². The van der Waals surface area contributed by atoms with Gasteiger partial charge in [-0.25, -0.2) is 9.78 Å². The second kappa shape index (κ2) is 7.47. The highest BCUT2D eigenvalue weighted by atomic mass is 16.6. The third-order valence-electron chi connectivity index (χ3n) is 3.86. The van der Waals surface area contributed by atoms with Crippen molar-refractivity contribution in [3.05, 3.63) is 88.0 Å². The lowest BCUT2D eigenvalue weighted by molar-refractivity contribution is -0.385. The zero-order valence-corrected chi connectivity index (χ0v) is 13.7. The molecule has 0 amide bonds. The number of aromatic carboxylic acids is 1. The summed E-state index contributed by atoms with van der Waals surface area (Å²) in [6.45, 7) is 0.883. The number of nitro groups is 1. The van der Waals surface area contributed by atoms with Crippen molar-refractivity contribution >= 4 is 17.3 Å². The van der Waals surface area contributed by atoms with Gasteiger partial charge >= 0.3 is 5.97 Å². The van der Waals surface area contributed by atoms with E-state index in [-0.39, 0.29) is 17.8 Å². The molecule has 2 aromatic carbocycles. The van der Waals surface area contributed by atoms with Crippen molar-refractivity contribution in [2.45, 2.75) is 13.1 Å². The van der Waals surface area contributed by atoms with Crippen molar-refractivity contribution in [2.75, 3.05) is 5.32 Å². The first-order valence-corrected chi connectivity index (χ1v) is 7.82. The topological polar surface area (TPSA) is 110 Å². The highest BCUT2D eigenvalue weighted by Gasteiger charge is 2.17. The third-order valence-corrected chi connectivity index (χ3v) is 3.86. The first-order chi connectivity index (χ1) is 12.5. The van der Waals surface area contributed by atoms with Crippen molar-refractivity contribution in [3.8, 4) is 0 Å². The van der Waals surface area contributed by atoms with Crippen LogP contribution in [0.15, 0.2) is 61.2 Å². The predicted octanol–water partition coefficient (Wildman–Crippen LogP) is 3.15. The average molecular weight is 352 g/mol. The first kappa shape index (κ1) is 17.2. The van der Waals surface area contributed by atoms with Crippen molar-refractivity contribution in [3.63, 3.8) is 0 Å². The lowest BCUT2D eigenvalue weighted by atomic mass is 10.1. The van der Waals surface area contributed by atoms with E-state index in [0.717, 1.165) is 17.3 Å². The Morgan fingerprint density at radius 3 is 2.81 bits per heavy atom. The largest absolute Gasteiger partial charge is 0.478 e. The molecule has 0 atom stereocenters. The molecule has 0 saturated heterocycles. The molecular weight excluding hydrogens is 336 g/mol. The maximum Gasteiger partial charge on any atom is 0.335 e. The highest BCUT2D eigenvalue weighted by Crippen LogP contribution is 2.22. The summed E-state index contributed by atoms with van der Waals surface area (Å²) >= 11 is 0. The molecule has 3 rings (SSSR count). The van der Waals surface area contributed by atoms with Crippen LogP contribution in [0.4, 0.5) is 11.4 Å². The van der Waals surface area contributed by atoms with Gasteiger partial charge in [-0.05, 0) is 29.8 Å². The maximum atomic E-state index is 11.2. The Labute approximate surface area is 148 Å². The molecule has 0 saturated carbocycles. The molecule has 0 radical (unpaired) electrons. The maximum absolute atomic E-state index is 11.2. The van der Waals surface area contributed by atoms with Crippen LogP contribution in [-0.2, 0) is 13.1 Å². The fraction of sp³-hybridized carbons (Fsp3) is 0.111. The number of carbonyl (C=O) groups is 1. The van der Waals surface area contributed by atoms with Crippen molar-refractivity contribution < 1.29 is 14.8 Å². The quantitative estimate of drug-likeness (QED) is 0.499. The summed E-state index contributed by atoms with van der Waals surface area (Å²) in [6.07, 6.45) is 5.31. The Bertz CT molecular complexity index is 938. The second-order valence-electron chi connectivity index (χ2n) is 5.69. The van der Waals surface area contributed by atoms with Gasteiger partial charge in [0.1, 0.15) is 0 Å². The molecule has 1 aromatic heterocycles. The molecule has 0 aliphatic rings. The van der Waals surface area contributed by atoms with Crippen molar-refractivity contribution in [1.82, 2.24) is 9.55 Å². The Balaban J connectivity index is 1.74. The molecule has 0 spiro atoms. The van der Waals surface area contributed by atoms with E-state index in [0.29, 0.717) is 12.1 Å². The van der Waals surface area contributed by atoms with Crippen LogP contribution >= 0.6 is 0 Å². The molecule has 0 aliphatic heterocycles. The summed E-state index contributed by atoms with van der Waals surface area (Å²) in [6, 6.07) is 11.6. The number of rotatable bonds is 7. The van der Waals surface area contributed by atoms with Crippen LogP contribution in [0.25, 0.3) is 0 Å². The first-order valence-electron chi connectivity index (χ1n) is 7.82. The van der Waals surface area contributed by atoms with Gasteiger partial charge in [-0.3, -0.25) is 10.1 Å². The van der Waals surface area contributed by atoms with Crippen LogP contribution in [0.3, 0.4) is 0 Å². The molecular formula is C18H16N4O4. The second-order valence-corrected chi connectivity index (χ2v) is 5.69. The van der Waals surface area contributed by atoms with Gasteiger partial charge < -0.3 is 15.0 Å².